The lowest BCUT2D eigenvalue weighted by atomic mass is 9.96. The van der Waals surface area contributed by atoms with E-state index in [0.717, 1.165) is 25.2 Å². The summed E-state index contributed by atoms with van der Waals surface area (Å²) in [6, 6.07) is 9.53. The highest BCUT2D eigenvalue weighted by Crippen LogP contribution is 2.17. The molecular weight excluding hydrogens is 262 g/mol. The number of likely N-dealkylation sites (tertiary alicyclic amines) is 1. The van der Waals surface area contributed by atoms with Gasteiger partial charge in [0.25, 0.3) is 0 Å². The van der Waals surface area contributed by atoms with Crippen LogP contribution in [0.25, 0.3) is 0 Å². The van der Waals surface area contributed by atoms with E-state index in [2.05, 4.69) is 11.9 Å². The summed E-state index contributed by atoms with van der Waals surface area (Å²) >= 11 is 0. The van der Waals surface area contributed by atoms with Crippen LogP contribution < -0.4 is 5.73 Å². The summed E-state index contributed by atoms with van der Waals surface area (Å²) in [6.07, 6.45) is 2.95. The third-order valence-electron chi connectivity index (χ3n) is 4.36. The zero-order valence-corrected chi connectivity index (χ0v) is 13.2. The highest BCUT2D eigenvalue weighted by Gasteiger charge is 2.23. The maximum Gasteiger partial charge on any atom is 0.239 e. The maximum atomic E-state index is 12.4. The Morgan fingerprint density at radius 2 is 1.95 bits per heavy atom. The van der Waals surface area contributed by atoms with Crippen LogP contribution in [0, 0.1) is 5.92 Å². The molecule has 1 aliphatic heterocycles. The first-order chi connectivity index (χ1) is 10.1. The Morgan fingerprint density at radius 3 is 2.57 bits per heavy atom. The van der Waals surface area contributed by atoms with Gasteiger partial charge in [0.1, 0.15) is 0 Å². The molecule has 1 aromatic carbocycles. The summed E-state index contributed by atoms with van der Waals surface area (Å²) in [4.78, 5) is 16.5. The summed E-state index contributed by atoms with van der Waals surface area (Å²) in [6.45, 7) is 3.08. The molecule has 1 fully saturated rings. The van der Waals surface area contributed by atoms with Crippen molar-refractivity contribution in [2.75, 3.05) is 33.7 Å². The van der Waals surface area contributed by atoms with Gasteiger partial charge in [-0.15, -0.1) is 0 Å². The Kier molecular flexibility index (Phi) is 5.76. The van der Waals surface area contributed by atoms with Gasteiger partial charge in [-0.05, 0) is 50.9 Å². The monoisotopic (exact) mass is 289 g/mol. The minimum atomic E-state index is -0.441. The van der Waals surface area contributed by atoms with Gasteiger partial charge in [0.05, 0.1) is 6.04 Å². The quantitative estimate of drug-likeness (QED) is 0.890. The third kappa shape index (κ3) is 4.83. The lowest BCUT2D eigenvalue weighted by Crippen LogP contribution is -2.46. The molecule has 1 saturated heterocycles. The predicted octanol–water partition coefficient (Wildman–Crippen LogP) is 1.36. The number of benzene rings is 1. The van der Waals surface area contributed by atoms with Crippen molar-refractivity contribution >= 4 is 5.91 Å². The van der Waals surface area contributed by atoms with Crippen molar-refractivity contribution in [1.82, 2.24) is 9.80 Å². The van der Waals surface area contributed by atoms with E-state index in [4.69, 9.17) is 5.73 Å². The van der Waals surface area contributed by atoms with Gasteiger partial charge in [-0.1, -0.05) is 30.3 Å². The molecule has 21 heavy (non-hydrogen) atoms. The smallest absolute Gasteiger partial charge is 0.239 e. The van der Waals surface area contributed by atoms with E-state index >= 15 is 0 Å². The van der Waals surface area contributed by atoms with Crippen molar-refractivity contribution in [3.63, 3.8) is 0 Å². The van der Waals surface area contributed by atoms with Crippen LogP contribution in [0.3, 0.4) is 0 Å². The third-order valence-corrected chi connectivity index (χ3v) is 4.36. The normalized spacial score (nSPS) is 18.4. The Bertz CT molecular complexity index is 441. The van der Waals surface area contributed by atoms with Crippen LogP contribution in [0.2, 0.25) is 0 Å². The molecule has 116 valence electrons. The van der Waals surface area contributed by atoms with E-state index in [1.54, 1.807) is 0 Å². The van der Waals surface area contributed by atoms with Crippen molar-refractivity contribution < 1.29 is 4.79 Å². The lowest BCUT2D eigenvalue weighted by Gasteiger charge is -2.32. The Hall–Kier alpha value is -1.39. The molecule has 4 heteroatoms. The fraction of sp³-hybridized carbons (Fsp3) is 0.588. The topological polar surface area (TPSA) is 49.6 Å². The predicted molar refractivity (Wildman–Crippen MR) is 86.0 cm³/mol. The number of rotatable bonds is 5. The second-order valence-electron chi connectivity index (χ2n) is 6.26. The van der Waals surface area contributed by atoms with Gasteiger partial charge in [0.15, 0.2) is 0 Å². The van der Waals surface area contributed by atoms with Crippen molar-refractivity contribution in [3.05, 3.63) is 35.9 Å². The molecular formula is C17H27N3O. The van der Waals surface area contributed by atoms with Gasteiger partial charge in [-0.25, -0.2) is 0 Å². The summed E-state index contributed by atoms with van der Waals surface area (Å²) in [7, 11) is 4.03. The number of carbonyl (C=O) groups excluding carboxylic acids is 1. The molecule has 1 amide bonds. The van der Waals surface area contributed by atoms with Crippen LogP contribution in [0.5, 0.6) is 0 Å². The number of carbonyl (C=O) groups is 1. The Balaban J connectivity index is 1.81. The minimum Gasteiger partial charge on any atom is -0.344 e. The number of amides is 1. The van der Waals surface area contributed by atoms with E-state index in [-0.39, 0.29) is 5.91 Å². The zero-order chi connectivity index (χ0) is 15.2. The van der Waals surface area contributed by atoms with Gasteiger partial charge in [-0.2, -0.15) is 0 Å². The average Bonchev–Trinajstić information content (AvgIpc) is 2.49. The maximum absolute atomic E-state index is 12.4. The first kappa shape index (κ1) is 16.0. The number of nitrogens with zero attached hydrogens (tertiary/aromatic N) is 2. The van der Waals surface area contributed by atoms with Crippen molar-refractivity contribution in [2.24, 2.45) is 11.7 Å². The number of hydrogen-bond donors (Lipinski definition) is 1. The van der Waals surface area contributed by atoms with E-state index in [9.17, 15) is 4.79 Å². The van der Waals surface area contributed by atoms with Gasteiger partial charge in [0, 0.05) is 13.6 Å². The van der Waals surface area contributed by atoms with Crippen LogP contribution >= 0.6 is 0 Å². The Morgan fingerprint density at radius 1 is 1.33 bits per heavy atom. The van der Waals surface area contributed by atoms with Gasteiger partial charge in [0.2, 0.25) is 5.91 Å². The SMILES string of the molecule is CN1CCC(CN(C)C(=O)[C@@H](N)Cc2ccccc2)CC1. The standard InChI is InChI=1S/C17H27N3O/c1-19-10-8-15(9-11-19)13-20(2)17(21)16(18)12-14-6-4-3-5-7-14/h3-7,15-16H,8-13,18H2,1-2H3/t16-/m0/s1. The largest absolute Gasteiger partial charge is 0.344 e. The fourth-order valence-electron chi connectivity index (χ4n) is 2.96. The molecule has 0 saturated carbocycles. The van der Waals surface area contributed by atoms with Crippen molar-refractivity contribution in [1.29, 1.82) is 0 Å². The van der Waals surface area contributed by atoms with Crippen molar-refractivity contribution in [2.45, 2.75) is 25.3 Å². The molecule has 1 atom stereocenters. The van der Waals surface area contributed by atoms with E-state index < -0.39 is 6.04 Å². The number of piperidine rings is 1. The molecule has 2 rings (SSSR count). The highest BCUT2D eigenvalue weighted by atomic mass is 16.2. The molecule has 0 aliphatic carbocycles. The summed E-state index contributed by atoms with van der Waals surface area (Å²) < 4.78 is 0. The molecule has 1 aromatic rings. The number of hydrogen-bond acceptors (Lipinski definition) is 3. The van der Waals surface area contributed by atoms with E-state index in [0.29, 0.717) is 12.3 Å². The molecule has 1 heterocycles. The van der Waals surface area contributed by atoms with Crippen LogP contribution in [0.1, 0.15) is 18.4 Å². The molecule has 0 aromatic heterocycles. The van der Waals surface area contributed by atoms with Crippen LogP contribution in [0.15, 0.2) is 30.3 Å². The molecule has 0 spiro atoms. The molecule has 1 aliphatic rings. The summed E-state index contributed by atoms with van der Waals surface area (Å²) in [5, 5.41) is 0. The number of likely N-dealkylation sites (N-methyl/N-ethyl adjacent to an activating group) is 1. The Labute approximate surface area is 127 Å². The van der Waals surface area contributed by atoms with Gasteiger partial charge in [-0.3, -0.25) is 4.79 Å². The zero-order valence-electron chi connectivity index (χ0n) is 13.2. The van der Waals surface area contributed by atoms with E-state index in [1.165, 1.54) is 12.8 Å². The van der Waals surface area contributed by atoms with Crippen LogP contribution in [-0.2, 0) is 11.2 Å². The lowest BCUT2D eigenvalue weighted by molar-refractivity contribution is -0.132. The van der Waals surface area contributed by atoms with Crippen LogP contribution in [0.4, 0.5) is 0 Å². The van der Waals surface area contributed by atoms with Crippen LogP contribution in [-0.4, -0.2) is 55.5 Å². The second-order valence-corrected chi connectivity index (χ2v) is 6.26. The first-order valence-corrected chi connectivity index (χ1v) is 7.79. The highest BCUT2D eigenvalue weighted by molar-refractivity contribution is 5.81. The summed E-state index contributed by atoms with van der Waals surface area (Å²) in [5.41, 5.74) is 7.19. The van der Waals surface area contributed by atoms with Gasteiger partial charge < -0.3 is 15.5 Å². The summed E-state index contributed by atoms with van der Waals surface area (Å²) in [5.74, 6) is 0.664. The molecule has 0 radical (unpaired) electrons. The number of nitrogens with two attached hydrogens (primary N) is 1. The molecule has 0 unspecified atom stereocenters. The molecule has 2 N–H and O–H groups in total. The minimum absolute atomic E-state index is 0.0535. The second kappa shape index (κ2) is 7.57. The fourth-order valence-corrected chi connectivity index (χ4v) is 2.96. The van der Waals surface area contributed by atoms with E-state index in [1.807, 2.05) is 42.3 Å². The first-order valence-electron chi connectivity index (χ1n) is 7.79. The van der Waals surface area contributed by atoms with Crippen molar-refractivity contribution in [3.8, 4) is 0 Å². The average molecular weight is 289 g/mol. The molecule has 4 nitrogen and oxygen atoms in total. The van der Waals surface area contributed by atoms with Gasteiger partial charge >= 0.3 is 0 Å². The molecule has 0 bridgehead atoms.